The molecule has 0 atom stereocenters. The lowest BCUT2D eigenvalue weighted by Crippen LogP contribution is -2.00. The summed E-state index contributed by atoms with van der Waals surface area (Å²) < 4.78 is 1.00. The van der Waals surface area contributed by atoms with Crippen molar-refractivity contribution in [2.75, 3.05) is 5.32 Å². The molecule has 0 radical (unpaired) electrons. The SMILES string of the molecule is Clc1ccc(NCc2ccc3c(c2)CCC3)c(Br)c1. The Morgan fingerprint density at radius 3 is 2.74 bits per heavy atom. The summed E-state index contributed by atoms with van der Waals surface area (Å²) in [5.41, 5.74) is 5.46. The Bertz CT molecular complexity index is 610. The van der Waals surface area contributed by atoms with Crippen LogP contribution >= 0.6 is 27.5 Å². The smallest absolute Gasteiger partial charge is 0.0488 e. The molecule has 0 bridgehead atoms. The van der Waals surface area contributed by atoms with E-state index in [2.05, 4.69) is 39.4 Å². The van der Waals surface area contributed by atoms with Crippen LogP contribution in [0.5, 0.6) is 0 Å². The molecule has 19 heavy (non-hydrogen) atoms. The first-order chi connectivity index (χ1) is 9.22. The minimum atomic E-state index is 0.745. The third-order valence-corrected chi connectivity index (χ3v) is 4.47. The van der Waals surface area contributed by atoms with Gasteiger partial charge in [-0.05, 0) is 70.1 Å². The fourth-order valence-electron chi connectivity index (χ4n) is 2.57. The number of anilines is 1. The van der Waals surface area contributed by atoms with Crippen molar-refractivity contribution in [2.45, 2.75) is 25.8 Å². The Morgan fingerprint density at radius 1 is 1.05 bits per heavy atom. The van der Waals surface area contributed by atoms with E-state index in [0.717, 1.165) is 21.7 Å². The first-order valence-corrected chi connectivity index (χ1v) is 7.69. The van der Waals surface area contributed by atoms with Gasteiger partial charge in [0.2, 0.25) is 0 Å². The van der Waals surface area contributed by atoms with Crippen molar-refractivity contribution in [1.29, 1.82) is 0 Å². The van der Waals surface area contributed by atoms with E-state index in [-0.39, 0.29) is 0 Å². The molecule has 0 fully saturated rings. The van der Waals surface area contributed by atoms with Crippen molar-refractivity contribution in [3.05, 3.63) is 62.6 Å². The number of rotatable bonds is 3. The first-order valence-electron chi connectivity index (χ1n) is 6.52. The molecule has 0 aromatic heterocycles. The highest BCUT2D eigenvalue weighted by molar-refractivity contribution is 9.10. The summed E-state index contributed by atoms with van der Waals surface area (Å²) in [4.78, 5) is 0. The molecule has 0 amide bonds. The monoisotopic (exact) mass is 335 g/mol. The number of benzene rings is 2. The predicted octanol–water partition coefficient (Wildman–Crippen LogP) is 5.20. The molecular weight excluding hydrogens is 322 g/mol. The van der Waals surface area contributed by atoms with Crippen molar-refractivity contribution in [2.24, 2.45) is 0 Å². The zero-order chi connectivity index (χ0) is 13.2. The molecule has 3 rings (SSSR count). The summed E-state index contributed by atoms with van der Waals surface area (Å²) in [7, 11) is 0. The van der Waals surface area contributed by atoms with Gasteiger partial charge in [0.15, 0.2) is 0 Å². The average Bonchev–Trinajstić information content (AvgIpc) is 2.85. The minimum absolute atomic E-state index is 0.745. The molecule has 0 unspecified atom stereocenters. The molecule has 1 N–H and O–H groups in total. The molecule has 0 saturated carbocycles. The zero-order valence-corrected chi connectivity index (χ0v) is 12.9. The Balaban J connectivity index is 1.72. The third kappa shape index (κ3) is 2.96. The zero-order valence-electron chi connectivity index (χ0n) is 10.5. The van der Waals surface area contributed by atoms with Crippen molar-refractivity contribution in [1.82, 2.24) is 0 Å². The van der Waals surface area contributed by atoms with Gasteiger partial charge in [0, 0.05) is 21.7 Å². The van der Waals surface area contributed by atoms with Crippen LogP contribution in [0.2, 0.25) is 5.02 Å². The Hall–Kier alpha value is -0.990. The van der Waals surface area contributed by atoms with Gasteiger partial charge in [-0.2, -0.15) is 0 Å². The van der Waals surface area contributed by atoms with Gasteiger partial charge >= 0.3 is 0 Å². The lowest BCUT2D eigenvalue weighted by molar-refractivity contribution is 0.911. The van der Waals surface area contributed by atoms with E-state index >= 15 is 0 Å². The molecular formula is C16H15BrClN. The largest absolute Gasteiger partial charge is 0.380 e. The summed E-state index contributed by atoms with van der Waals surface area (Å²) >= 11 is 9.46. The number of aryl methyl sites for hydroxylation is 2. The van der Waals surface area contributed by atoms with Crippen molar-refractivity contribution >= 4 is 33.2 Å². The molecule has 0 aliphatic heterocycles. The lowest BCUT2D eigenvalue weighted by Gasteiger charge is -2.10. The van der Waals surface area contributed by atoms with E-state index in [1.54, 1.807) is 0 Å². The first kappa shape index (κ1) is 13.0. The van der Waals surface area contributed by atoms with Gasteiger partial charge in [-0.25, -0.2) is 0 Å². The van der Waals surface area contributed by atoms with Gasteiger partial charge in [-0.15, -0.1) is 0 Å². The number of hydrogen-bond donors (Lipinski definition) is 1. The Kier molecular flexibility index (Phi) is 3.81. The second-order valence-electron chi connectivity index (χ2n) is 4.93. The van der Waals surface area contributed by atoms with Crippen LogP contribution < -0.4 is 5.32 Å². The predicted molar refractivity (Wildman–Crippen MR) is 84.9 cm³/mol. The quantitative estimate of drug-likeness (QED) is 0.812. The molecule has 2 aromatic carbocycles. The van der Waals surface area contributed by atoms with E-state index in [1.165, 1.54) is 36.0 Å². The van der Waals surface area contributed by atoms with E-state index in [4.69, 9.17) is 11.6 Å². The van der Waals surface area contributed by atoms with Crippen LogP contribution in [-0.2, 0) is 19.4 Å². The summed E-state index contributed by atoms with van der Waals surface area (Å²) in [6.45, 7) is 0.841. The molecule has 0 spiro atoms. The number of fused-ring (bicyclic) bond motifs is 1. The molecule has 2 aromatic rings. The number of hydrogen-bond acceptors (Lipinski definition) is 1. The maximum atomic E-state index is 5.94. The third-order valence-electron chi connectivity index (χ3n) is 3.58. The van der Waals surface area contributed by atoms with Crippen molar-refractivity contribution < 1.29 is 0 Å². The van der Waals surface area contributed by atoms with Crippen LogP contribution in [0.15, 0.2) is 40.9 Å². The van der Waals surface area contributed by atoms with E-state index in [1.807, 2.05) is 18.2 Å². The molecule has 0 heterocycles. The van der Waals surface area contributed by atoms with Crippen LogP contribution in [0.1, 0.15) is 23.1 Å². The molecule has 98 valence electrons. The van der Waals surface area contributed by atoms with Gasteiger partial charge in [-0.1, -0.05) is 29.8 Å². The van der Waals surface area contributed by atoms with Crippen LogP contribution in [-0.4, -0.2) is 0 Å². The molecule has 1 aliphatic rings. The van der Waals surface area contributed by atoms with Crippen molar-refractivity contribution in [3.63, 3.8) is 0 Å². The van der Waals surface area contributed by atoms with Crippen LogP contribution in [0, 0.1) is 0 Å². The van der Waals surface area contributed by atoms with Gasteiger partial charge in [0.25, 0.3) is 0 Å². The average molecular weight is 337 g/mol. The van der Waals surface area contributed by atoms with E-state index in [0.29, 0.717) is 0 Å². The highest BCUT2D eigenvalue weighted by atomic mass is 79.9. The normalized spacial score (nSPS) is 13.4. The second-order valence-corrected chi connectivity index (χ2v) is 6.23. The lowest BCUT2D eigenvalue weighted by atomic mass is 10.1. The van der Waals surface area contributed by atoms with Crippen LogP contribution in [0.4, 0.5) is 5.69 Å². The fraction of sp³-hybridized carbons (Fsp3) is 0.250. The highest BCUT2D eigenvalue weighted by Crippen LogP contribution is 2.27. The van der Waals surface area contributed by atoms with E-state index in [9.17, 15) is 0 Å². The van der Waals surface area contributed by atoms with E-state index < -0.39 is 0 Å². The van der Waals surface area contributed by atoms with Gasteiger partial charge in [-0.3, -0.25) is 0 Å². The highest BCUT2D eigenvalue weighted by Gasteiger charge is 2.10. The van der Waals surface area contributed by atoms with Crippen molar-refractivity contribution in [3.8, 4) is 0 Å². The topological polar surface area (TPSA) is 12.0 Å². The maximum absolute atomic E-state index is 5.94. The number of halogens is 2. The maximum Gasteiger partial charge on any atom is 0.0488 e. The minimum Gasteiger partial charge on any atom is -0.380 e. The van der Waals surface area contributed by atoms with Gasteiger partial charge < -0.3 is 5.32 Å². The van der Waals surface area contributed by atoms with Crippen LogP contribution in [0.3, 0.4) is 0 Å². The summed E-state index contributed by atoms with van der Waals surface area (Å²) in [6, 6.07) is 12.6. The van der Waals surface area contributed by atoms with Gasteiger partial charge in [0.05, 0.1) is 0 Å². The Morgan fingerprint density at radius 2 is 1.89 bits per heavy atom. The summed E-state index contributed by atoms with van der Waals surface area (Å²) in [5.74, 6) is 0. The van der Waals surface area contributed by atoms with Gasteiger partial charge in [0.1, 0.15) is 0 Å². The second kappa shape index (κ2) is 5.56. The summed E-state index contributed by atoms with van der Waals surface area (Å²) in [6.07, 6.45) is 3.77. The fourth-order valence-corrected chi connectivity index (χ4v) is 3.39. The standard InChI is InChI=1S/C16H15BrClN/c17-15-9-14(18)6-7-16(15)19-10-11-4-5-12-2-1-3-13(12)8-11/h4-9,19H,1-3,10H2. The van der Waals surface area contributed by atoms with Crippen LogP contribution in [0.25, 0.3) is 0 Å². The molecule has 1 nitrogen and oxygen atoms in total. The molecule has 1 aliphatic carbocycles. The molecule has 3 heteroatoms. The summed E-state index contributed by atoms with van der Waals surface area (Å²) in [5, 5.41) is 4.19. The number of nitrogens with one attached hydrogen (secondary N) is 1. The Labute approximate surface area is 127 Å². The molecule has 0 saturated heterocycles.